The first-order valence-electron chi connectivity index (χ1n) is 7.68. The lowest BCUT2D eigenvalue weighted by Crippen LogP contribution is -2.26. The standard InChI is InChI=1S/C20H18N2O2/c1-24-19(16-9-3-2-4-10-16)20(23)22-21-14-17-12-7-11-15-8-5-6-13-18(15)17/h2-14,19H,1H3,(H,22,23)/b21-14-/t19-/m1/s1. The van der Waals surface area contributed by atoms with Gasteiger partial charge in [-0.1, -0.05) is 72.8 Å². The Balaban J connectivity index is 1.74. The van der Waals surface area contributed by atoms with Crippen molar-refractivity contribution >= 4 is 22.9 Å². The van der Waals surface area contributed by atoms with Gasteiger partial charge in [-0.25, -0.2) is 5.43 Å². The minimum atomic E-state index is -0.684. The zero-order valence-corrected chi connectivity index (χ0v) is 13.3. The summed E-state index contributed by atoms with van der Waals surface area (Å²) in [7, 11) is 1.51. The maximum absolute atomic E-state index is 12.3. The monoisotopic (exact) mass is 318 g/mol. The van der Waals surface area contributed by atoms with E-state index in [9.17, 15) is 4.79 Å². The first-order valence-corrected chi connectivity index (χ1v) is 7.68. The normalized spacial score (nSPS) is 12.4. The third kappa shape index (κ3) is 3.50. The van der Waals surface area contributed by atoms with E-state index in [2.05, 4.69) is 10.5 Å². The Bertz CT molecular complexity index is 854. The number of nitrogens with zero attached hydrogens (tertiary/aromatic N) is 1. The van der Waals surface area contributed by atoms with Crippen LogP contribution >= 0.6 is 0 Å². The van der Waals surface area contributed by atoms with Crippen LogP contribution in [0.15, 0.2) is 77.9 Å². The minimum absolute atomic E-state index is 0.305. The quantitative estimate of drug-likeness (QED) is 0.576. The number of carbonyl (C=O) groups is 1. The Labute approximate surface area is 140 Å². The van der Waals surface area contributed by atoms with Crippen molar-refractivity contribution in [1.29, 1.82) is 0 Å². The Kier molecular flexibility index (Phi) is 4.99. The van der Waals surface area contributed by atoms with Crippen LogP contribution in [0.1, 0.15) is 17.2 Å². The number of hydrogen-bond donors (Lipinski definition) is 1. The van der Waals surface area contributed by atoms with E-state index >= 15 is 0 Å². The average Bonchev–Trinajstić information content (AvgIpc) is 2.63. The van der Waals surface area contributed by atoms with Crippen LogP contribution in [-0.4, -0.2) is 19.2 Å². The van der Waals surface area contributed by atoms with Gasteiger partial charge in [-0.3, -0.25) is 4.79 Å². The number of amides is 1. The van der Waals surface area contributed by atoms with E-state index in [1.54, 1.807) is 6.21 Å². The highest BCUT2D eigenvalue weighted by molar-refractivity contribution is 6.00. The predicted molar refractivity (Wildman–Crippen MR) is 95.9 cm³/mol. The van der Waals surface area contributed by atoms with Crippen LogP contribution in [0.25, 0.3) is 10.8 Å². The first kappa shape index (κ1) is 15.9. The molecule has 0 unspecified atom stereocenters. The van der Waals surface area contributed by atoms with Crippen LogP contribution in [0.3, 0.4) is 0 Å². The molecular weight excluding hydrogens is 300 g/mol. The number of carbonyl (C=O) groups excluding carboxylic acids is 1. The first-order chi connectivity index (χ1) is 11.8. The summed E-state index contributed by atoms with van der Waals surface area (Å²) in [5.41, 5.74) is 4.29. The molecule has 0 radical (unpaired) electrons. The van der Waals surface area contributed by atoms with E-state index in [0.29, 0.717) is 0 Å². The van der Waals surface area contributed by atoms with Gasteiger partial charge >= 0.3 is 0 Å². The molecule has 3 rings (SSSR count). The van der Waals surface area contributed by atoms with E-state index in [-0.39, 0.29) is 5.91 Å². The van der Waals surface area contributed by atoms with Gasteiger partial charge < -0.3 is 4.74 Å². The largest absolute Gasteiger partial charge is 0.367 e. The van der Waals surface area contributed by atoms with E-state index in [4.69, 9.17) is 4.74 Å². The molecule has 4 nitrogen and oxygen atoms in total. The van der Waals surface area contributed by atoms with Gasteiger partial charge in [-0.05, 0) is 16.3 Å². The molecule has 1 N–H and O–H groups in total. The molecule has 0 aliphatic rings. The molecule has 0 saturated carbocycles. The van der Waals surface area contributed by atoms with Crippen LogP contribution in [0.5, 0.6) is 0 Å². The zero-order valence-electron chi connectivity index (χ0n) is 13.3. The van der Waals surface area contributed by atoms with Gasteiger partial charge in [0, 0.05) is 12.7 Å². The molecule has 4 heteroatoms. The number of ether oxygens (including phenoxy) is 1. The predicted octanol–water partition coefficient (Wildman–Crippen LogP) is 3.68. The maximum Gasteiger partial charge on any atom is 0.273 e. The molecule has 0 fully saturated rings. The molecule has 0 aromatic heterocycles. The van der Waals surface area contributed by atoms with Crippen LogP contribution in [-0.2, 0) is 9.53 Å². The van der Waals surface area contributed by atoms with Crippen molar-refractivity contribution in [1.82, 2.24) is 5.43 Å². The Morgan fingerprint density at radius 1 is 1.00 bits per heavy atom. The second-order valence-corrected chi connectivity index (χ2v) is 5.33. The maximum atomic E-state index is 12.3. The Morgan fingerprint density at radius 3 is 2.50 bits per heavy atom. The van der Waals surface area contributed by atoms with Gasteiger partial charge in [0.1, 0.15) is 0 Å². The third-order valence-corrected chi connectivity index (χ3v) is 3.78. The van der Waals surface area contributed by atoms with Crippen molar-refractivity contribution in [2.75, 3.05) is 7.11 Å². The van der Waals surface area contributed by atoms with Crippen LogP contribution < -0.4 is 5.43 Å². The molecule has 0 aliphatic heterocycles. The SMILES string of the molecule is CO[C@@H](C(=O)N/N=C\c1cccc2ccccc12)c1ccccc1. The van der Waals surface area contributed by atoms with Crippen molar-refractivity contribution in [3.8, 4) is 0 Å². The van der Waals surface area contributed by atoms with E-state index in [1.165, 1.54) is 7.11 Å². The highest BCUT2D eigenvalue weighted by Gasteiger charge is 2.19. The van der Waals surface area contributed by atoms with Gasteiger partial charge in [-0.2, -0.15) is 5.10 Å². The van der Waals surface area contributed by atoms with E-state index in [1.807, 2.05) is 72.8 Å². The van der Waals surface area contributed by atoms with Crippen LogP contribution in [0, 0.1) is 0 Å². The van der Waals surface area contributed by atoms with Crippen molar-refractivity contribution in [2.24, 2.45) is 5.10 Å². The summed E-state index contributed by atoms with van der Waals surface area (Å²) in [5.74, 6) is -0.305. The lowest BCUT2D eigenvalue weighted by Gasteiger charge is -2.13. The van der Waals surface area contributed by atoms with Gasteiger partial charge in [0.25, 0.3) is 5.91 Å². The molecule has 0 heterocycles. The Hall–Kier alpha value is -2.98. The lowest BCUT2D eigenvalue weighted by atomic mass is 10.1. The molecule has 0 bridgehead atoms. The molecule has 120 valence electrons. The van der Waals surface area contributed by atoms with Crippen LogP contribution in [0.2, 0.25) is 0 Å². The minimum Gasteiger partial charge on any atom is -0.367 e. The van der Waals surface area contributed by atoms with Crippen molar-refractivity contribution in [3.05, 3.63) is 83.9 Å². The van der Waals surface area contributed by atoms with Gasteiger partial charge in [0.15, 0.2) is 6.10 Å². The molecule has 1 amide bonds. The molecule has 1 atom stereocenters. The number of benzene rings is 3. The molecule has 0 saturated heterocycles. The summed E-state index contributed by atoms with van der Waals surface area (Å²) in [6.07, 6.45) is 0.966. The molecule has 24 heavy (non-hydrogen) atoms. The average molecular weight is 318 g/mol. The molecule has 3 aromatic carbocycles. The van der Waals surface area contributed by atoms with Crippen molar-refractivity contribution < 1.29 is 9.53 Å². The van der Waals surface area contributed by atoms with Gasteiger partial charge in [0.2, 0.25) is 0 Å². The fourth-order valence-electron chi connectivity index (χ4n) is 2.61. The number of hydrogen-bond acceptors (Lipinski definition) is 3. The lowest BCUT2D eigenvalue weighted by molar-refractivity contribution is -0.131. The number of rotatable bonds is 5. The smallest absolute Gasteiger partial charge is 0.273 e. The zero-order chi connectivity index (χ0) is 16.8. The van der Waals surface area contributed by atoms with E-state index in [0.717, 1.165) is 21.9 Å². The second kappa shape index (κ2) is 7.53. The third-order valence-electron chi connectivity index (χ3n) is 3.78. The number of nitrogens with one attached hydrogen (secondary N) is 1. The molecular formula is C20H18N2O2. The van der Waals surface area contributed by atoms with Crippen LogP contribution in [0.4, 0.5) is 0 Å². The summed E-state index contributed by atoms with van der Waals surface area (Å²) < 4.78 is 5.29. The number of hydrazone groups is 1. The number of methoxy groups -OCH3 is 1. The fourth-order valence-corrected chi connectivity index (χ4v) is 2.61. The van der Waals surface area contributed by atoms with E-state index < -0.39 is 6.10 Å². The molecule has 3 aromatic rings. The molecule has 0 spiro atoms. The van der Waals surface area contributed by atoms with Gasteiger partial charge in [-0.15, -0.1) is 0 Å². The van der Waals surface area contributed by atoms with Crippen molar-refractivity contribution in [3.63, 3.8) is 0 Å². The second-order valence-electron chi connectivity index (χ2n) is 5.33. The van der Waals surface area contributed by atoms with Gasteiger partial charge in [0.05, 0.1) is 6.21 Å². The summed E-state index contributed by atoms with van der Waals surface area (Å²) in [6, 6.07) is 23.3. The summed E-state index contributed by atoms with van der Waals surface area (Å²) in [5, 5.41) is 6.30. The van der Waals surface area contributed by atoms with Crippen molar-refractivity contribution in [2.45, 2.75) is 6.10 Å². The summed E-state index contributed by atoms with van der Waals surface area (Å²) >= 11 is 0. The summed E-state index contributed by atoms with van der Waals surface area (Å²) in [4.78, 5) is 12.3. The Morgan fingerprint density at radius 2 is 1.71 bits per heavy atom. The summed E-state index contributed by atoms with van der Waals surface area (Å²) in [6.45, 7) is 0. The molecule has 0 aliphatic carbocycles. The number of fused-ring (bicyclic) bond motifs is 1. The highest BCUT2D eigenvalue weighted by Crippen LogP contribution is 2.17. The fraction of sp³-hybridized carbons (Fsp3) is 0.100. The highest BCUT2D eigenvalue weighted by atomic mass is 16.5. The topological polar surface area (TPSA) is 50.7 Å².